The van der Waals surface area contributed by atoms with Crippen molar-refractivity contribution in [2.24, 2.45) is 0 Å². The number of aryl methyl sites for hydroxylation is 1. The number of carbonyl (C=O) groups is 1. The van der Waals surface area contributed by atoms with Gasteiger partial charge in [-0.1, -0.05) is 29.8 Å². The maximum Gasteiger partial charge on any atom is 0.330 e. The van der Waals surface area contributed by atoms with Gasteiger partial charge in [0.2, 0.25) is 0 Å². The van der Waals surface area contributed by atoms with E-state index in [4.69, 9.17) is 4.74 Å². The van der Waals surface area contributed by atoms with E-state index in [1.54, 1.807) is 6.08 Å². The normalized spacial score (nSPS) is 11.8. The Morgan fingerprint density at radius 1 is 1.22 bits per heavy atom. The molecule has 3 nitrogen and oxygen atoms in total. The first-order valence-electron chi connectivity index (χ1n) is 6.09. The number of hydrogen-bond donors (Lipinski definition) is 0. The monoisotopic (exact) mass is 248 g/mol. The van der Waals surface area contributed by atoms with Crippen LogP contribution >= 0.6 is 0 Å². The van der Waals surface area contributed by atoms with Crippen molar-refractivity contribution in [3.8, 4) is 0 Å². The number of esters is 1. The molecule has 0 atom stereocenters. The molecule has 0 aromatic heterocycles. The second-order valence-electron chi connectivity index (χ2n) is 5.43. The van der Waals surface area contributed by atoms with Gasteiger partial charge in [-0.05, 0) is 18.6 Å². The zero-order valence-electron chi connectivity index (χ0n) is 11.6. The van der Waals surface area contributed by atoms with Crippen molar-refractivity contribution >= 4 is 12.0 Å². The van der Waals surface area contributed by atoms with Crippen molar-refractivity contribution < 1.29 is 14.0 Å². The molecule has 0 aliphatic heterocycles. The van der Waals surface area contributed by atoms with Crippen LogP contribution in [0.25, 0.3) is 6.08 Å². The lowest BCUT2D eigenvalue weighted by Crippen LogP contribution is -2.37. The molecule has 0 saturated heterocycles. The number of carbonyl (C=O) groups excluding carboxylic acids is 1. The van der Waals surface area contributed by atoms with Gasteiger partial charge in [0.05, 0.1) is 21.1 Å². The molecule has 0 N–H and O–H groups in total. The van der Waals surface area contributed by atoms with Crippen LogP contribution in [0, 0.1) is 6.92 Å². The molecule has 0 aliphatic carbocycles. The van der Waals surface area contributed by atoms with Gasteiger partial charge in [0, 0.05) is 6.08 Å². The van der Waals surface area contributed by atoms with Gasteiger partial charge >= 0.3 is 5.97 Å². The smallest absolute Gasteiger partial charge is 0.330 e. The Kier molecular flexibility index (Phi) is 5.10. The van der Waals surface area contributed by atoms with Crippen LogP contribution in [0.5, 0.6) is 0 Å². The van der Waals surface area contributed by atoms with E-state index in [-0.39, 0.29) is 5.97 Å². The summed E-state index contributed by atoms with van der Waals surface area (Å²) in [5.41, 5.74) is 2.21. The summed E-state index contributed by atoms with van der Waals surface area (Å²) in [4.78, 5) is 11.5. The lowest BCUT2D eigenvalue weighted by Gasteiger charge is -2.23. The Labute approximate surface area is 109 Å². The minimum atomic E-state index is -0.288. The van der Waals surface area contributed by atoms with Gasteiger partial charge in [-0.25, -0.2) is 4.79 Å². The molecule has 0 radical (unpaired) electrons. The standard InChI is InChI=1S/C15H22NO2/c1-13-5-7-14(8-6-13)9-10-15(17)18-12-11-16(2,3)4/h5-10H,11-12H2,1-4H3/q+1/b10-9+. The van der Waals surface area contributed by atoms with Crippen LogP contribution < -0.4 is 0 Å². The van der Waals surface area contributed by atoms with Gasteiger partial charge in [-0.3, -0.25) is 0 Å². The topological polar surface area (TPSA) is 26.3 Å². The van der Waals surface area contributed by atoms with Crippen LogP contribution in [-0.4, -0.2) is 44.7 Å². The molecule has 1 rings (SSSR count). The van der Waals surface area contributed by atoms with Crippen molar-refractivity contribution in [1.82, 2.24) is 0 Å². The highest BCUT2D eigenvalue weighted by molar-refractivity contribution is 5.87. The van der Waals surface area contributed by atoms with Gasteiger partial charge in [-0.2, -0.15) is 0 Å². The molecule has 0 amide bonds. The zero-order valence-corrected chi connectivity index (χ0v) is 11.6. The minimum Gasteiger partial charge on any atom is -0.457 e. The predicted molar refractivity (Wildman–Crippen MR) is 74.1 cm³/mol. The average Bonchev–Trinajstić information content (AvgIpc) is 2.26. The van der Waals surface area contributed by atoms with Crippen LogP contribution in [0.1, 0.15) is 11.1 Å². The second kappa shape index (κ2) is 6.36. The third kappa shape index (κ3) is 6.21. The summed E-state index contributed by atoms with van der Waals surface area (Å²) in [6.45, 7) is 3.29. The first kappa shape index (κ1) is 14.5. The zero-order chi connectivity index (χ0) is 13.6. The Balaban J connectivity index is 2.38. The van der Waals surface area contributed by atoms with Crippen LogP contribution in [0.15, 0.2) is 30.3 Å². The number of benzene rings is 1. The highest BCUT2D eigenvalue weighted by Crippen LogP contribution is 2.05. The van der Waals surface area contributed by atoms with Gasteiger partial charge < -0.3 is 9.22 Å². The van der Waals surface area contributed by atoms with Crippen LogP contribution in [0.2, 0.25) is 0 Å². The van der Waals surface area contributed by atoms with E-state index >= 15 is 0 Å². The van der Waals surface area contributed by atoms with Crippen molar-refractivity contribution in [3.05, 3.63) is 41.5 Å². The van der Waals surface area contributed by atoms with Crippen molar-refractivity contribution in [3.63, 3.8) is 0 Å². The fraction of sp³-hybridized carbons (Fsp3) is 0.400. The lowest BCUT2D eigenvalue weighted by molar-refractivity contribution is -0.870. The SMILES string of the molecule is Cc1ccc(/C=C/C(=O)OCC[N+](C)(C)C)cc1. The molecule has 0 aliphatic rings. The molecule has 1 aromatic rings. The van der Waals surface area contributed by atoms with E-state index in [1.165, 1.54) is 11.6 Å². The number of rotatable bonds is 5. The molecule has 0 unspecified atom stereocenters. The molecule has 0 spiro atoms. The Hall–Kier alpha value is -1.61. The largest absolute Gasteiger partial charge is 0.457 e. The van der Waals surface area contributed by atoms with Gasteiger partial charge in [0.1, 0.15) is 13.2 Å². The van der Waals surface area contributed by atoms with E-state index < -0.39 is 0 Å². The van der Waals surface area contributed by atoms with Gasteiger partial charge in [-0.15, -0.1) is 0 Å². The Morgan fingerprint density at radius 3 is 2.39 bits per heavy atom. The van der Waals surface area contributed by atoms with Crippen molar-refractivity contribution in [2.75, 3.05) is 34.3 Å². The summed E-state index contributed by atoms with van der Waals surface area (Å²) >= 11 is 0. The molecule has 0 saturated carbocycles. The third-order valence-electron chi connectivity index (χ3n) is 2.50. The first-order chi connectivity index (χ1) is 8.37. The molecule has 0 bridgehead atoms. The number of quaternary nitrogens is 1. The summed E-state index contributed by atoms with van der Waals surface area (Å²) < 4.78 is 5.91. The third-order valence-corrected chi connectivity index (χ3v) is 2.50. The summed E-state index contributed by atoms with van der Waals surface area (Å²) in [6, 6.07) is 7.99. The minimum absolute atomic E-state index is 0.288. The average molecular weight is 248 g/mol. The van der Waals surface area contributed by atoms with Gasteiger partial charge in [0.25, 0.3) is 0 Å². The highest BCUT2D eigenvalue weighted by atomic mass is 16.5. The predicted octanol–water partition coefficient (Wildman–Crippen LogP) is 2.26. The Morgan fingerprint density at radius 2 is 1.83 bits per heavy atom. The lowest BCUT2D eigenvalue weighted by atomic mass is 10.1. The fourth-order valence-electron chi connectivity index (χ4n) is 1.31. The quantitative estimate of drug-likeness (QED) is 0.454. The fourth-order valence-corrected chi connectivity index (χ4v) is 1.31. The number of nitrogens with zero attached hydrogens (tertiary/aromatic N) is 1. The summed E-state index contributed by atoms with van der Waals surface area (Å²) in [7, 11) is 6.20. The second-order valence-corrected chi connectivity index (χ2v) is 5.43. The van der Waals surface area contributed by atoms with Crippen molar-refractivity contribution in [1.29, 1.82) is 0 Å². The number of likely N-dealkylation sites (N-methyl/N-ethyl adjacent to an activating group) is 1. The van der Waals surface area contributed by atoms with E-state index in [0.29, 0.717) is 6.61 Å². The number of ether oxygens (including phenoxy) is 1. The molecule has 1 aromatic carbocycles. The Bertz CT molecular complexity index is 413. The summed E-state index contributed by atoms with van der Waals surface area (Å²) in [5, 5.41) is 0. The van der Waals surface area contributed by atoms with Crippen LogP contribution in [0.3, 0.4) is 0 Å². The molecule has 0 heterocycles. The van der Waals surface area contributed by atoms with E-state index in [0.717, 1.165) is 16.6 Å². The van der Waals surface area contributed by atoms with E-state index in [9.17, 15) is 4.79 Å². The molecule has 0 fully saturated rings. The van der Waals surface area contributed by atoms with Crippen LogP contribution in [0.4, 0.5) is 0 Å². The van der Waals surface area contributed by atoms with Crippen molar-refractivity contribution in [2.45, 2.75) is 6.92 Å². The highest BCUT2D eigenvalue weighted by Gasteiger charge is 2.07. The molecule has 18 heavy (non-hydrogen) atoms. The van der Waals surface area contributed by atoms with Gasteiger partial charge in [0.15, 0.2) is 0 Å². The maximum absolute atomic E-state index is 11.5. The van der Waals surface area contributed by atoms with Crippen LogP contribution in [-0.2, 0) is 9.53 Å². The summed E-state index contributed by atoms with van der Waals surface area (Å²) in [5.74, 6) is -0.288. The van der Waals surface area contributed by atoms with E-state index in [2.05, 4.69) is 21.1 Å². The summed E-state index contributed by atoms with van der Waals surface area (Å²) in [6.07, 6.45) is 3.24. The molecule has 98 valence electrons. The molecule has 3 heteroatoms. The van der Waals surface area contributed by atoms with E-state index in [1.807, 2.05) is 31.2 Å². The maximum atomic E-state index is 11.5. The molecular formula is C15H22NO2+. The first-order valence-corrected chi connectivity index (χ1v) is 6.09. The molecular weight excluding hydrogens is 226 g/mol. The number of hydrogen-bond acceptors (Lipinski definition) is 2.